The average molecular weight is 306 g/mol. The van der Waals surface area contributed by atoms with Gasteiger partial charge >= 0.3 is 17.9 Å². The normalized spacial score (nSPS) is 10.0. The van der Waals surface area contributed by atoms with Crippen molar-refractivity contribution in [2.45, 2.75) is 26.2 Å². The van der Waals surface area contributed by atoms with Crippen molar-refractivity contribution in [2.24, 2.45) is 0 Å². The first-order valence-corrected chi connectivity index (χ1v) is 6.76. The fraction of sp³-hybridized carbons (Fsp3) is 0.312. The van der Waals surface area contributed by atoms with Crippen LogP contribution in [-0.2, 0) is 16.0 Å². The van der Waals surface area contributed by atoms with Crippen molar-refractivity contribution in [2.75, 3.05) is 6.61 Å². The van der Waals surface area contributed by atoms with Crippen molar-refractivity contribution in [3.05, 3.63) is 47.0 Å². The van der Waals surface area contributed by atoms with E-state index in [-0.39, 0.29) is 17.7 Å². The number of benzene rings is 1. The molecule has 1 rings (SSSR count). The van der Waals surface area contributed by atoms with E-state index in [4.69, 9.17) is 9.84 Å². The summed E-state index contributed by atoms with van der Waals surface area (Å²) < 4.78 is 4.83. The minimum atomic E-state index is -1.27. The zero-order valence-electron chi connectivity index (χ0n) is 12.3. The Balaban J connectivity index is 2.83. The molecule has 0 saturated carbocycles. The predicted octanol–water partition coefficient (Wildman–Crippen LogP) is 2.44. The van der Waals surface area contributed by atoms with Gasteiger partial charge in [0.05, 0.1) is 17.7 Å². The first-order valence-electron chi connectivity index (χ1n) is 6.76. The summed E-state index contributed by atoms with van der Waals surface area (Å²) in [6.45, 7) is 5.23. The number of rotatable bonds is 8. The van der Waals surface area contributed by atoms with Crippen LogP contribution in [-0.4, -0.2) is 34.7 Å². The molecule has 0 unspecified atom stereocenters. The minimum absolute atomic E-state index is 0.171. The van der Waals surface area contributed by atoms with Gasteiger partial charge in [0.2, 0.25) is 0 Å². The molecule has 0 fully saturated rings. The third kappa shape index (κ3) is 4.44. The van der Waals surface area contributed by atoms with Gasteiger partial charge in [-0.1, -0.05) is 12.6 Å². The van der Waals surface area contributed by atoms with Crippen molar-refractivity contribution >= 4 is 17.9 Å². The topological polar surface area (TPSA) is 101 Å². The number of carbonyl (C=O) groups excluding carboxylic acids is 1. The van der Waals surface area contributed by atoms with E-state index < -0.39 is 17.9 Å². The number of aromatic carboxylic acids is 2. The lowest BCUT2D eigenvalue weighted by Crippen LogP contribution is -2.13. The maximum Gasteiger partial charge on any atom is 0.336 e. The van der Waals surface area contributed by atoms with Gasteiger partial charge in [-0.2, -0.15) is 0 Å². The number of ether oxygens (including phenoxy) is 1. The standard InChI is InChI=1S/C16H18O6/c1-3-13(17)22-9-5-4-6-11-10(2)7-8-12(15(18)19)14(11)16(20)21/h3,7-8H,1,4-6,9H2,2H3,(H,18,19)(H,20,21). The molecule has 0 saturated heterocycles. The predicted molar refractivity (Wildman–Crippen MR) is 79.2 cm³/mol. The van der Waals surface area contributed by atoms with Gasteiger partial charge in [-0.3, -0.25) is 0 Å². The molecule has 0 aliphatic carbocycles. The Morgan fingerprint density at radius 1 is 1.18 bits per heavy atom. The molecule has 0 atom stereocenters. The Bertz CT molecular complexity index is 603. The van der Waals surface area contributed by atoms with E-state index in [1.165, 1.54) is 6.07 Å². The van der Waals surface area contributed by atoms with Crippen LogP contribution in [0.1, 0.15) is 44.7 Å². The zero-order valence-corrected chi connectivity index (χ0v) is 12.3. The van der Waals surface area contributed by atoms with Gasteiger partial charge in [-0.25, -0.2) is 14.4 Å². The summed E-state index contributed by atoms with van der Waals surface area (Å²) in [5.74, 6) is -3.02. The lowest BCUT2D eigenvalue weighted by atomic mass is 9.93. The molecule has 0 bridgehead atoms. The Morgan fingerprint density at radius 2 is 1.86 bits per heavy atom. The minimum Gasteiger partial charge on any atom is -0.478 e. The Labute approximate surface area is 128 Å². The van der Waals surface area contributed by atoms with Gasteiger partial charge in [0.1, 0.15) is 0 Å². The van der Waals surface area contributed by atoms with Gasteiger partial charge in [0, 0.05) is 6.08 Å². The molecule has 118 valence electrons. The third-order valence-corrected chi connectivity index (χ3v) is 3.22. The number of hydrogen-bond acceptors (Lipinski definition) is 4. The number of esters is 1. The number of carbonyl (C=O) groups is 3. The van der Waals surface area contributed by atoms with Crippen LogP contribution < -0.4 is 0 Å². The molecular formula is C16H18O6. The molecule has 1 aromatic rings. The summed E-state index contributed by atoms with van der Waals surface area (Å²) in [6.07, 6.45) is 2.60. The molecule has 0 amide bonds. The summed E-state index contributed by atoms with van der Waals surface area (Å²) in [4.78, 5) is 33.4. The third-order valence-electron chi connectivity index (χ3n) is 3.22. The highest BCUT2D eigenvalue weighted by Crippen LogP contribution is 2.21. The first-order chi connectivity index (χ1) is 10.4. The van der Waals surface area contributed by atoms with Crippen LogP contribution in [0.3, 0.4) is 0 Å². The smallest absolute Gasteiger partial charge is 0.336 e. The van der Waals surface area contributed by atoms with Crippen LogP contribution in [0.25, 0.3) is 0 Å². The van der Waals surface area contributed by atoms with Crippen LogP contribution in [0.5, 0.6) is 0 Å². The second-order valence-electron chi connectivity index (χ2n) is 4.72. The van der Waals surface area contributed by atoms with Gasteiger partial charge < -0.3 is 14.9 Å². The van der Waals surface area contributed by atoms with Gasteiger partial charge in [-0.05, 0) is 43.4 Å². The summed E-state index contributed by atoms with van der Waals surface area (Å²) in [7, 11) is 0. The zero-order chi connectivity index (χ0) is 16.7. The van der Waals surface area contributed by atoms with E-state index in [0.29, 0.717) is 24.8 Å². The Kier molecular flexibility index (Phi) is 6.31. The van der Waals surface area contributed by atoms with Gasteiger partial charge in [0.25, 0.3) is 0 Å². The largest absolute Gasteiger partial charge is 0.478 e. The quantitative estimate of drug-likeness (QED) is 0.434. The highest BCUT2D eigenvalue weighted by Gasteiger charge is 2.21. The van der Waals surface area contributed by atoms with Gasteiger partial charge in [0.15, 0.2) is 0 Å². The van der Waals surface area contributed by atoms with E-state index in [0.717, 1.165) is 11.6 Å². The van der Waals surface area contributed by atoms with Crippen LogP contribution in [0.2, 0.25) is 0 Å². The maximum absolute atomic E-state index is 11.4. The first kappa shape index (κ1) is 17.4. The lowest BCUT2D eigenvalue weighted by molar-refractivity contribution is -0.137. The maximum atomic E-state index is 11.4. The number of aryl methyl sites for hydroxylation is 1. The second kappa shape index (κ2) is 7.97. The fourth-order valence-corrected chi connectivity index (χ4v) is 2.13. The van der Waals surface area contributed by atoms with Gasteiger partial charge in [-0.15, -0.1) is 0 Å². The van der Waals surface area contributed by atoms with E-state index in [1.54, 1.807) is 13.0 Å². The second-order valence-corrected chi connectivity index (χ2v) is 4.72. The molecule has 0 radical (unpaired) electrons. The monoisotopic (exact) mass is 306 g/mol. The van der Waals surface area contributed by atoms with Crippen LogP contribution in [0.15, 0.2) is 24.8 Å². The fourth-order valence-electron chi connectivity index (χ4n) is 2.13. The highest BCUT2D eigenvalue weighted by atomic mass is 16.5. The van der Waals surface area contributed by atoms with Crippen molar-refractivity contribution in [3.8, 4) is 0 Å². The SMILES string of the molecule is C=CC(=O)OCCCCc1c(C)ccc(C(=O)O)c1C(=O)O. The number of carboxylic acid groups (broad SMARTS) is 2. The van der Waals surface area contributed by atoms with Crippen molar-refractivity contribution in [3.63, 3.8) is 0 Å². The van der Waals surface area contributed by atoms with Crippen molar-refractivity contribution in [1.29, 1.82) is 0 Å². The number of carboxylic acids is 2. The van der Waals surface area contributed by atoms with Crippen LogP contribution in [0.4, 0.5) is 0 Å². The number of unbranched alkanes of at least 4 members (excludes halogenated alkanes) is 1. The van der Waals surface area contributed by atoms with Crippen molar-refractivity contribution in [1.82, 2.24) is 0 Å². The summed E-state index contributed by atoms with van der Waals surface area (Å²) >= 11 is 0. The molecule has 6 nitrogen and oxygen atoms in total. The molecule has 0 heterocycles. The Hall–Kier alpha value is -2.63. The molecule has 22 heavy (non-hydrogen) atoms. The summed E-state index contributed by atoms with van der Waals surface area (Å²) in [5.41, 5.74) is 0.842. The summed E-state index contributed by atoms with van der Waals surface area (Å²) in [5, 5.41) is 18.4. The van der Waals surface area contributed by atoms with E-state index >= 15 is 0 Å². The molecule has 0 aliphatic rings. The molecule has 0 spiro atoms. The van der Waals surface area contributed by atoms with E-state index in [9.17, 15) is 19.5 Å². The van der Waals surface area contributed by atoms with E-state index in [1.807, 2.05) is 0 Å². The van der Waals surface area contributed by atoms with Crippen molar-refractivity contribution < 1.29 is 29.3 Å². The van der Waals surface area contributed by atoms with E-state index in [2.05, 4.69) is 6.58 Å². The molecule has 2 N–H and O–H groups in total. The molecule has 6 heteroatoms. The molecule has 0 aromatic heterocycles. The Morgan fingerprint density at radius 3 is 2.41 bits per heavy atom. The molecule has 0 aliphatic heterocycles. The molecule has 1 aromatic carbocycles. The number of hydrogen-bond donors (Lipinski definition) is 2. The lowest BCUT2D eigenvalue weighted by Gasteiger charge is -2.12. The molecular weight excluding hydrogens is 288 g/mol. The average Bonchev–Trinajstić information content (AvgIpc) is 2.47. The summed E-state index contributed by atoms with van der Waals surface area (Å²) in [6, 6.07) is 2.90. The highest BCUT2D eigenvalue weighted by molar-refractivity contribution is 6.03. The van der Waals surface area contributed by atoms with Crippen LogP contribution >= 0.6 is 0 Å². The van der Waals surface area contributed by atoms with Crippen LogP contribution in [0, 0.1) is 6.92 Å².